The zero-order chi connectivity index (χ0) is 12.4. The minimum atomic E-state index is -0.649. The van der Waals surface area contributed by atoms with Crippen LogP contribution in [0, 0.1) is 16.2 Å². The van der Waals surface area contributed by atoms with Gasteiger partial charge in [0, 0.05) is 10.8 Å². The van der Waals surface area contributed by atoms with Gasteiger partial charge in [0.2, 0.25) is 0 Å². The summed E-state index contributed by atoms with van der Waals surface area (Å²) >= 11 is 0. The van der Waals surface area contributed by atoms with E-state index in [2.05, 4.69) is 0 Å². The molecule has 0 rings (SSSR count). The number of allylic oxidation sites excluding steroid dienone is 1. The molecule has 15 heavy (non-hydrogen) atoms. The van der Waals surface area contributed by atoms with Crippen molar-refractivity contribution in [1.82, 2.24) is 0 Å². The van der Waals surface area contributed by atoms with Crippen LogP contribution in [0.25, 0.3) is 0 Å². The van der Waals surface area contributed by atoms with E-state index in [1.807, 2.05) is 5.87 Å². The summed E-state index contributed by atoms with van der Waals surface area (Å²) in [6.45, 7) is 10.3. The highest BCUT2D eigenvalue weighted by molar-refractivity contribution is 6.28. The zero-order valence-electron chi connectivity index (χ0n) is 10.3. The van der Waals surface area contributed by atoms with Crippen LogP contribution in [-0.4, -0.2) is 17.4 Å². The normalized spacial score (nSPS) is 11.9. The largest absolute Gasteiger partial charge is 0.293 e. The molecule has 0 aliphatic carbocycles. The van der Waals surface area contributed by atoms with Gasteiger partial charge in [-0.05, 0) is 5.87 Å². The lowest BCUT2D eigenvalue weighted by molar-refractivity contribution is -0.128. The molecule has 0 saturated carbocycles. The molecule has 0 aromatic heterocycles. The van der Waals surface area contributed by atoms with Gasteiger partial charge in [-0.15, -0.1) is 0 Å². The van der Waals surface area contributed by atoms with E-state index in [4.69, 9.17) is 5.41 Å². The predicted octanol–water partition coefficient (Wildman–Crippen LogP) is 2.39. The van der Waals surface area contributed by atoms with Crippen LogP contribution in [0.15, 0.2) is 5.57 Å². The molecular weight excluding hydrogens is 190 g/mol. The molecular formula is C12H19NO2. The third-order valence-corrected chi connectivity index (χ3v) is 1.94. The van der Waals surface area contributed by atoms with Crippen LogP contribution in [0.5, 0.6) is 0 Å². The van der Waals surface area contributed by atoms with Crippen molar-refractivity contribution in [3.05, 3.63) is 5.57 Å². The van der Waals surface area contributed by atoms with Crippen molar-refractivity contribution in [2.24, 2.45) is 10.8 Å². The minimum absolute atomic E-state index is 0.130. The van der Waals surface area contributed by atoms with Gasteiger partial charge in [-0.3, -0.25) is 15.0 Å². The van der Waals surface area contributed by atoms with E-state index in [9.17, 15) is 9.59 Å². The Kier molecular flexibility index (Phi) is 3.78. The van der Waals surface area contributed by atoms with E-state index in [0.717, 1.165) is 0 Å². The molecule has 0 radical (unpaired) electrons. The number of carbonyl (C=O) groups is 2. The van der Waals surface area contributed by atoms with Crippen LogP contribution in [0.2, 0.25) is 0 Å². The Morgan fingerprint density at radius 1 is 0.867 bits per heavy atom. The first-order valence-electron chi connectivity index (χ1n) is 4.91. The molecule has 1 N–H and O–H groups in total. The number of hydrogen-bond acceptors (Lipinski definition) is 3. The van der Waals surface area contributed by atoms with Crippen molar-refractivity contribution in [2.75, 3.05) is 0 Å². The first kappa shape index (κ1) is 13.8. The summed E-state index contributed by atoms with van der Waals surface area (Å²) in [4.78, 5) is 23.7. The van der Waals surface area contributed by atoms with Crippen LogP contribution in [-0.2, 0) is 9.59 Å². The number of nitrogens with one attached hydrogen (secondary N) is 1. The maximum Gasteiger partial charge on any atom is 0.181 e. The monoisotopic (exact) mass is 209 g/mol. The topological polar surface area (TPSA) is 58.0 Å². The summed E-state index contributed by atoms with van der Waals surface area (Å²) in [5, 5.41) is 7.05. The van der Waals surface area contributed by atoms with Gasteiger partial charge in [0.15, 0.2) is 11.6 Å². The average molecular weight is 209 g/mol. The van der Waals surface area contributed by atoms with Gasteiger partial charge in [-0.25, -0.2) is 0 Å². The zero-order valence-corrected chi connectivity index (χ0v) is 10.3. The molecule has 3 nitrogen and oxygen atoms in total. The van der Waals surface area contributed by atoms with E-state index >= 15 is 0 Å². The van der Waals surface area contributed by atoms with E-state index in [0.29, 0.717) is 0 Å². The molecule has 0 aromatic carbocycles. The fraction of sp³-hybridized carbons (Fsp3) is 0.667. The second kappa shape index (κ2) is 4.11. The lowest BCUT2D eigenvalue weighted by Crippen LogP contribution is -2.32. The molecule has 0 atom stereocenters. The van der Waals surface area contributed by atoms with Gasteiger partial charge < -0.3 is 0 Å². The summed E-state index contributed by atoms with van der Waals surface area (Å²) in [5.74, 6) is 1.34. The van der Waals surface area contributed by atoms with E-state index in [1.165, 1.54) is 0 Å². The fourth-order valence-corrected chi connectivity index (χ4v) is 0.967. The van der Waals surface area contributed by atoms with Gasteiger partial charge in [-0.1, -0.05) is 41.5 Å². The molecule has 3 heteroatoms. The fourth-order valence-electron chi connectivity index (χ4n) is 0.967. The summed E-state index contributed by atoms with van der Waals surface area (Å²) in [5.41, 5.74) is -1.43. The molecule has 0 unspecified atom stereocenters. The summed E-state index contributed by atoms with van der Waals surface area (Å²) in [6, 6.07) is 0. The van der Waals surface area contributed by atoms with Gasteiger partial charge >= 0.3 is 0 Å². The Hall–Kier alpha value is -1.21. The third-order valence-electron chi connectivity index (χ3n) is 1.94. The first-order chi connectivity index (χ1) is 6.51. The quantitative estimate of drug-likeness (QED) is 0.328. The average Bonchev–Trinajstić information content (AvgIpc) is 2.01. The molecule has 0 aromatic rings. The molecule has 0 spiro atoms. The third kappa shape index (κ3) is 3.45. The predicted molar refractivity (Wildman–Crippen MR) is 60.2 cm³/mol. The molecule has 84 valence electrons. The minimum Gasteiger partial charge on any atom is -0.293 e. The standard InChI is InChI=1S/C12H19NO2/c1-11(2,3)9(14)8(7-13)10(15)12(4,5)6/h13H,1-6H3. The Morgan fingerprint density at radius 2 is 1.13 bits per heavy atom. The number of carbonyl (C=O) groups excluding carboxylic acids is 2. The van der Waals surface area contributed by atoms with Crippen molar-refractivity contribution in [3.63, 3.8) is 0 Å². The smallest absolute Gasteiger partial charge is 0.181 e. The highest BCUT2D eigenvalue weighted by Gasteiger charge is 2.34. The second-order valence-electron chi connectivity index (χ2n) is 5.66. The second-order valence-corrected chi connectivity index (χ2v) is 5.66. The lowest BCUT2D eigenvalue weighted by atomic mass is 9.79. The van der Waals surface area contributed by atoms with Crippen LogP contribution >= 0.6 is 0 Å². The van der Waals surface area contributed by atoms with Gasteiger partial charge in [0.1, 0.15) is 5.57 Å². The molecule has 0 heterocycles. The highest BCUT2D eigenvalue weighted by Crippen LogP contribution is 2.25. The maximum atomic E-state index is 11.8. The van der Waals surface area contributed by atoms with Gasteiger partial charge in [0.05, 0.1) is 0 Å². The van der Waals surface area contributed by atoms with Crippen LogP contribution in [0.4, 0.5) is 0 Å². The molecule has 0 saturated heterocycles. The van der Waals surface area contributed by atoms with Crippen molar-refractivity contribution < 1.29 is 9.59 Å². The van der Waals surface area contributed by atoms with Gasteiger partial charge in [-0.2, -0.15) is 0 Å². The van der Waals surface area contributed by atoms with Crippen molar-refractivity contribution in [3.8, 4) is 0 Å². The summed E-state index contributed by atoms with van der Waals surface area (Å²) < 4.78 is 0. The number of ketones is 2. The molecule has 0 bridgehead atoms. The van der Waals surface area contributed by atoms with Crippen molar-refractivity contribution in [2.45, 2.75) is 41.5 Å². The lowest BCUT2D eigenvalue weighted by Gasteiger charge is -2.21. The maximum absolute atomic E-state index is 11.8. The highest BCUT2D eigenvalue weighted by atomic mass is 16.2. The summed E-state index contributed by atoms with van der Waals surface area (Å²) in [7, 11) is 0. The van der Waals surface area contributed by atoms with Gasteiger partial charge in [0.25, 0.3) is 0 Å². The van der Waals surface area contributed by atoms with Crippen LogP contribution < -0.4 is 0 Å². The van der Waals surface area contributed by atoms with Crippen molar-refractivity contribution >= 4 is 17.4 Å². The molecule has 0 aliphatic heterocycles. The molecule has 0 amide bonds. The first-order valence-corrected chi connectivity index (χ1v) is 4.91. The van der Waals surface area contributed by atoms with E-state index < -0.39 is 10.8 Å². The number of rotatable bonds is 2. The Bertz CT molecular complexity index is 306. The Morgan fingerprint density at radius 3 is 1.27 bits per heavy atom. The van der Waals surface area contributed by atoms with E-state index in [-0.39, 0.29) is 17.1 Å². The Labute approximate surface area is 91.1 Å². The van der Waals surface area contributed by atoms with Crippen LogP contribution in [0.1, 0.15) is 41.5 Å². The van der Waals surface area contributed by atoms with Crippen LogP contribution in [0.3, 0.4) is 0 Å². The number of hydrogen-bond donors (Lipinski definition) is 1. The Balaban J connectivity index is 5.26. The molecule has 0 aliphatic rings. The number of Topliss-reactive ketones (excluding diaryl/α,β-unsaturated/α-hetero) is 2. The molecule has 0 fully saturated rings. The SMILES string of the molecule is CC(C)(C)C(=O)C(=C=N)C(=O)C(C)(C)C. The van der Waals surface area contributed by atoms with Crippen molar-refractivity contribution in [1.29, 1.82) is 5.41 Å². The van der Waals surface area contributed by atoms with E-state index in [1.54, 1.807) is 41.5 Å². The summed E-state index contributed by atoms with van der Waals surface area (Å²) in [6.07, 6.45) is 0.